The Morgan fingerprint density at radius 1 is 1.29 bits per heavy atom. The van der Waals surface area contributed by atoms with Crippen LogP contribution in [0.4, 0.5) is 8.78 Å². The molecule has 0 heterocycles. The second-order valence-electron chi connectivity index (χ2n) is 5.81. The monoisotopic (exact) mass is 298 g/mol. The topological polar surface area (TPSA) is 35.5 Å². The van der Waals surface area contributed by atoms with E-state index in [-0.39, 0.29) is 0 Å². The van der Waals surface area contributed by atoms with E-state index in [1.807, 2.05) is 0 Å². The number of aliphatic hydroxyl groups excluding tert-OH is 1. The van der Waals surface area contributed by atoms with E-state index >= 15 is 0 Å². The Morgan fingerprint density at radius 2 is 2.00 bits per heavy atom. The van der Waals surface area contributed by atoms with Crippen LogP contribution in [0.15, 0.2) is 18.2 Å². The first kappa shape index (κ1) is 16.3. The van der Waals surface area contributed by atoms with Crippen molar-refractivity contribution in [3.8, 4) is 0 Å². The maximum atomic E-state index is 13.1. The summed E-state index contributed by atoms with van der Waals surface area (Å²) in [4.78, 5) is 2.35. The lowest BCUT2D eigenvalue weighted by Crippen LogP contribution is -2.36. The summed E-state index contributed by atoms with van der Waals surface area (Å²) in [6, 6.07) is 4.19. The first-order valence-corrected chi connectivity index (χ1v) is 7.62. The van der Waals surface area contributed by atoms with Gasteiger partial charge in [-0.15, -0.1) is 0 Å². The third kappa shape index (κ3) is 4.73. The van der Waals surface area contributed by atoms with Gasteiger partial charge in [-0.25, -0.2) is 8.78 Å². The fourth-order valence-corrected chi connectivity index (χ4v) is 2.86. The summed E-state index contributed by atoms with van der Waals surface area (Å²) in [6.07, 6.45) is 4.35. The van der Waals surface area contributed by atoms with Crippen LogP contribution >= 0.6 is 0 Å². The van der Waals surface area contributed by atoms with Gasteiger partial charge in [0.2, 0.25) is 0 Å². The van der Waals surface area contributed by atoms with Gasteiger partial charge in [-0.05, 0) is 37.6 Å². The zero-order chi connectivity index (χ0) is 15.2. The summed E-state index contributed by atoms with van der Waals surface area (Å²) >= 11 is 0. The van der Waals surface area contributed by atoms with Crippen LogP contribution in [-0.4, -0.2) is 42.7 Å². The van der Waals surface area contributed by atoms with Gasteiger partial charge in [0, 0.05) is 25.7 Å². The van der Waals surface area contributed by atoms with Crippen molar-refractivity contribution in [1.82, 2.24) is 10.2 Å². The second kappa shape index (κ2) is 7.82. The number of halogens is 2. The van der Waals surface area contributed by atoms with Crippen molar-refractivity contribution in [2.75, 3.05) is 26.7 Å². The van der Waals surface area contributed by atoms with Crippen molar-refractivity contribution in [2.24, 2.45) is 0 Å². The van der Waals surface area contributed by atoms with E-state index in [0.717, 1.165) is 25.2 Å². The second-order valence-corrected chi connectivity index (χ2v) is 5.81. The van der Waals surface area contributed by atoms with E-state index in [4.69, 9.17) is 0 Å². The van der Waals surface area contributed by atoms with Crippen molar-refractivity contribution < 1.29 is 13.9 Å². The fourth-order valence-electron chi connectivity index (χ4n) is 2.86. The summed E-state index contributed by atoms with van der Waals surface area (Å²) in [7, 11) is 2.13. The van der Waals surface area contributed by atoms with E-state index in [9.17, 15) is 13.9 Å². The number of hydrogen-bond acceptors (Lipinski definition) is 3. The molecular weight excluding hydrogens is 274 g/mol. The molecule has 2 N–H and O–H groups in total. The molecule has 1 aliphatic rings. The quantitative estimate of drug-likeness (QED) is 0.759. The standard InChI is InChI=1S/C16H24F2N2O/c1-20(13-4-2-3-5-13)9-8-19-11-16(21)12-6-7-14(17)15(18)10-12/h6-7,10,13,16,19,21H,2-5,8-9,11H2,1H3. The van der Waals surface area contributed by atoms with Gasteiger partial charge in [0.25, 0.3) is 0 Å². The predicted molar refractivity (Wildman–Crippen MR) is 79.1 cm³/mol. The molecular formula is C16H24F2N2O. The molecule has 0 aliphatic heterocycles. The van der Waals surface area contributed by atoms with Crippen molar-refractivity contribution in [3.63, 3.8) is 0 Å². The summed E-state index contributed by atoms with van der Waals surface area (Å²) in [6.45, 7) is 2.03. The molecule has 0 amide bonds. The largest absolute Gasteiger partial charge is 0.387 e. The van der Waals surface area contributed by atoms with Crippen LogP contribution in [0.3, 0.4) is 0 Å². The van der Waals surface area contributed by atoms with Crippen molar-refractivity contribution in [3.05, 3.63) is 35.4 Å². The van der Waals surface area contributed by atoms with E-state index in [1.165, 1.54) is 31.7 Å². The molecule has 1 aromatic rings. The number of nitrogens with zero attached hydrogens (tertiary/aromatic N) is 1. The van der Waals surface area contributed by atoms with E-state index in [2.05, 4.69) is 17.3 Å². The Labute approximate surface area is 125 Å². The lowest BCUT2D eigenvalue weighted by Gasteiger charge is -2.24. The highest BCUT2D eigenvalue weighted by Crippen LogP contribution is 2.21. The van der Waals surface area contributed by atoms with Crippen LogP contribution in [0.1, 0.15) is 37.4 Å². The Morgan fingerprint density at radius 3 is 2.67 bits per heavy atom. The molecule has 0 spiro atoms. The molecule has 1 saturated carbocycles. The van der Waals surface area contributed by atoms with E-state index < -0.39 is 17.7 Å². The van der Waals surface area contributed by atoms with Crippen LogP contribution < -0.4 is 5.32 Å². The lowest BCUT2D eigenvalue weighted by atomic mass is 10.1. The minimum absolute atomic E-state index is 0.337. The molecule has 0 saturated heterocycles. The third-order valence-corrected chi connectivity index (χ3v) is 4.26. The minimum atomic E-state index is -0.924. The Hall–Kier alpha value is -1.04. The van der Waals surface area contributed by atoms with Crippen molar-refractivity contribution in [1.29, 1.82) is 0 Å². The highest BCUT2D eigenvalue weighted by Gasteiger charge is 2.18. The lowest BCUT2D eigenvalue weighted by molar-refractivity contribution is 0.170. The minimum Gasteiger partial charge on any atom is -0.387 e. The Balaban J connectivity index is 1.68. The molecule has 0 aromatic heterocycles. The van der Waals surface area contributed by atoms with Gasteiger partial charge in [0.15, 0.2) is 11.6 Å². The normalized spacial score (nSPS) is 17.6. The van der Waals surface area contributed by atoms with Gasteiger partial charge < -0.3 is 15.3 Å². The number of aliphatic hydroxyl groups is 1. The fraction of sp³-hybridized carbons (Fsp3) is 0.625. The molecule has 0 bridgehead atoms. The van der Waals surface area contributed by atoms with Gasteiger partial charge >= 0.3 is 0 Å². The van der Waals surface area contributed by atoms with Crippen LogP contribution in [-0.2, 0) is 0 Å². The average Bonchev–Trinajstić information content (AvgIpc) is 3.00. The summed E-state index contributed by atoms with van der Waals surface area (Å²) in [5.74, 6) is -1.82. The molecule has 0 radical (unpaired) electrons. The van der Waals surface area contributed by atoms with Crippen LogP contribution in [0.25, 0.3) is 0 Å². The van der Waals surface area contributed by atoms with Crippen LogP contribution in [0, 0.1) is 11.6 Å². The van der Waals surface area contributed by atoms with Crippen LogP contribution in [0.2, 0.25) is 0 Å². The summed E-state index contributed by atoms with van der Waals surface area (Å²) in [5, 5.41) is 13.1. The van der Waals surface area contributed by atoms with Gasteiger partial charge in [0.1, 0.15) is 0 Å². The first-order valence-electron chi connectivity index (χ1n) is 7.62. The zero-order valence-corrected chi connectivity index (χ0v) is 12.5. The average molecular weight is 298 g/mol. The smallest absolute Gasteiger partial charge is 0.159 e. The highest BCUT2D eigenvalue weighted by atomic mass is 19.2. The summed E-state index contributed by atoms with van der Waals surface area (Å²) < 4.78 is 25.9. The van der Waals surface area contributed by atoms with Crippen molar-refractivity contribution in [2.45, 2.75) is 37.8 Å². The molecule has 1 aromatic carbocycles. The predicted octanol–water partition coefficient (Wildman–Crippen LogP) is 2.46. The number of likely N-dealkylation sites (N-methyl/N-ethyl adjacent to an activating group) is 1. The van der Waals surface area contributed by atoms with E-state index in [1.54, 1.807) is 0 Å². The molecule has 1 atom stereocenters. The number of hydrogen-bond donors (Lipinski definition) is 2. The SMILES string of the molecule is CN(CCNCC(O)c1ccc(F)c(F)c1)C1CCCC1. The number of benzene rings is 1. The molecule has 118 valence electrons. The van der Waals surface area contributed by atoms with Gasteiger partial charge in [-0.1, -0.05) is 18.9 Å². The third-order valence-electron chi connectivity index (χ3n) is 4.26. The van der Waals surface area contributed by atoms with Gasteiger partial charge in [-0.2, -0.15) is 0 Å². The maximum absolute atomic E-state index is 13.1. The first-order chi connectivity index (χ1) is 10.1. The molecule has 2 rings (SSSR count). The zero-order valence-electron chi connectivity index (χ0n) is 12.5. The number of nitrogens with one attached hydrogen (secondary N) is 1. The maximum Gasteiger partial charge on any atom is 0.159 e. The van der Waals surface area contributed by atoms with Crippen LogP contribution in [0.5, 0.6) is 0 Å². The molecule has 5 heteroatoms. The van der Waals surface area contributed by atoms with E-state index in [0.29, 0.717) is 18.2 Å². The molecule has 1 aliphatic carbocycles. The Bertz CT molecular complexity index is 450. The highest BCUT2D eigenvalue weighted by molar-refractivity contribution is 5.20. The number of rotatable bonds is 7. The molecule has 1 unspecified atom stereocenters. The van der Waals surface area contributed by atoms with Gasteiger partial charge in [-0.3, -0.25) is 0 Å². The molecule has 1 fully saturated rings. The summed E-state index contributed by atoms with van der Waals surface area (Å²) in [5.41, 5.74) is 0.394. The Kier molecular flexibility index (Phi) is 6.08. The van der Waals surface area contributed by atoms with Crippen molar-refractivity contribution >= 4 is 0 Å². The molecule has 21 heavy (non-hydrogen) atoms. The molecule has 3 nitrogen and oxygen atoms in total. The van der Waals surface area contributed by atoms with Gasteiger partial charge in [0.05, 0.1) is 6.10 Å².